The molecule has 0 saturated carbocycles. The van der Waals surface area contributed by atoms with Crippen LogP contribution >= 0.6 is 11.3 Å². The highest BCUT2D eigenvalue weighted by atomic mass is 32.1. The predicted molar refractivity (Wildman–Crippen MR) is 226 cm³/mol. The Morgan fingerprint density at radius 2 is 0.962 bits per heavy atom. The van der Waals surface area contributed by atoms with Gasteiger partial charge in [0.25, 0.3) is 0 Å². The zero-order valence-electron chi connectivity index (χ0n) is 28.6. The van der Waals surface area contributed by atoms with Crippen LogP contribution in [0.5, 0.6) is 0 Å². The molecule has 2 heterocycles. The van der Waals surface area contributed by atoms with Crippen LogP contribution in [0.25, 0.3) is 109 Å². The van der Waals surface area contributed by atoms with Gasteiger partial charge in [0, 0.05) is 42.4 Å². The van der Waals surface area contributed by atoms with Gasteiger partial charge < -0.3 is 0 Å². The normalized spacial score (nSPS) is 11.8. The molecule has 3 heteroatoms. The van der Waals surface area contributed by atoms with Crippen LogP contribution in [0.2, 0.25) is 0 Å². The molecular weight excluding hydrogens is 661 g/mol. The molecule has 0 aliphatic heterocycles. The van der Waals surface area contributed by atoms with Crippen molar-refractivity contribution in [2.24, 2.45) is 0 Å². The molecule has 0 radical (unpaired) electrons. The molecule has 246 valence electrons. The predicted octanol–water partition coefficient (Wildman–Crippen LogP) is 14.1. The lowest BCUT2D eigenvalue weighted by Gasteiger charge is -2.16. The molecule has 9 aromatic carbocycles. The van der Waals surface area contributed by atoms with E-state index in [0.717, 1.165) is 28.1 Å². The van der Waals surface area contributed by atoms with Crippen LogP contribution < -0.4 is 0 Å². The minimum absolute atomic E-state index is 0.716. The lowest BCUT2D eigenvalue weighted by atomic mass is 9.89. The summed E-state index contributed by atoms with van der Waals surface area (Å²) in [6.07, 6.45) is 0. The second kappa shape index (κ2) is 11.9. The fourth-order valence-corrected chi connectivity index (χ4v) is 9.42. The van der Waals surface area contributed by atoms with Gasteiger partial charge in [0.1, 0.15) is 0 Å². The van der Waals surface area contributed by atoms with E-state index in [4.69, 9.17) is 9.97 Å². The minimum atomic E-state index is 0.716. The van der Waals surface area contributed by atoms with Crippen LogP contribution in [0.1, 0.15) is 0 Å². The van der Waals surface area contributed by atoms with Gasteiger partial charge in [-0.25, -0.2) is 9.97 Å². The van der Waals surface area contributed by atoms with Gasteiger partial charge in [-0.1, -0.05) is 170 Å². The van der Waals surface area contributed by atoms with Crippen LogP contribution in [-0.4, -0.2) is 9.97 Å². The number of aromatic nitrogens is 2. The molecule has 53 heavy (non-hydrogen) atoms. The van der Waals surface area contributed by atoms with Gasteiger partial charge in [0.15, 0.2) is 5.82 Å². The summed E-state index contributed by atoms with van der Waals surface area (Å²) in [7, 11) is 0. The molecule has 11 rings (SSSR count). The number of benzene rings is 9. The Labute approximate surface area is 310 Å². The van der Waals surface area contributed by atoms with Crippen LogP contribution in [0.3, 0.4) is 0 Å². The quantitative estimate of drug-likeness (QED) is 0.168. The molecule has 0 saturated heterocycles. The molecule has 0 N–H and O–H groups in total. The molecule has 2 aromatic heterocycles. The maximum absolute atomic E-state index is 5.28. The van der Waals surface area contributed by atoms with E-state index < -0.39 is 0 Å². The first-order valence-corrected chi connectivity index (χ1v) is 18.8. The second-order valence-corrected chi connectivity index (χ2v) is 14.8. The van der Waals surface area contributed by atoms with E-state index in [1.807, 2.05) is 35.6 Å². The zero-order valence-corrected chi connectivity index (χ0v) is 29.4. The molecule has 0 unspecified atom stereocenters. The van der Waals surface area contributed by atoms with Crippen LogP contribution in [0.4, 0.5) is 0 Å². The highest BCUT2D eigenvalue weighted by Crippen LogP contribution is 2.46. The standard InChI is InChI=1S/C50H30N2S/c1-3-10-32(11-4-1)43-30-44(52-50(51-43)37-12-5-2-6-13-37)42-29-28-41-39-16-7-8-17-45(39)53-49(41)48(42)36-20-18-31(19-21-36)38-26-24-35-23-22-33-14-9-15-34-25-27-40(38)47(35)46(33)34/h1-30H. The zero-order chi connectivity index (χ0) is 34.9. The smallest absolute Gasteiger partial charge is 0.160 e. The maximum atomic E-state index is 5.28. The summed E-state index contributed by atoms with van der Waals surface area (Å²) in [6.45, 7) is 0. The first-order chi connectivity index (χ1) is 26.3. The summed E-state index contributed by atoms with van der Waals surface area (Å²) in [5.41, 5.74) is 9.78. The summed E-state index contributed by atoms with van der Waals surface area (Å²) in [4.78, 5) is 10.4. The number of hydrogen-bond donors (Lipinski definition) is 0. The van der Waals surface area contributed by atoms with Crippen molar-refractivity contribution in [3.63, 3.8) is 0 Å². The average molecular weight is 691 g/mol. The summed E-state index contributed by atoms with van der Waals surface area (Å²) >= 11 is 1.86. The second-order valence-electron chi connectivity index (χ2n) is 13.7. The first-order valence-electron chi connectivity index (χ1n) is 18.0. The Morgan fingerprint density at radius 3 is 1.75 bits per heavy atom. The SMILES string of the molecule is c1ccc(-c2cc(-c3ccc4c(sc5ccccc54)c3-c3ccc(-c4ccc5ccc6cccc7ccc4c5c67)cc3)nc(-c3ccccc3)n2)cc1. The Morgan fingerprint density at radius 1 is 0.358 bits per heavy atom. The van der Waals surface area contributed by atoms with E-state index in [-0.39, 0.29) is 0 Å². The van der Waals surface area contributed by atoms with Gasteiger partial charge in [0.05, 0.1) is 11.4 Å². The summed E-state index contributed by atoms with van der Waals surface area (Å²) in [6, 6.07) is 65.5. The highest BCUT2D eigenvalue weighted by Gasteiger charge is 2.20. The summed E-state index contributed by atoms with van der Waals surface area (Å²) in [5, 5.41) is 10.4. The number of thiophene rings is 1. The van der Waals surface area contributed by atoms with Crippen LogP contribution in [-0.2, 0) is 0 Å². The maximum Gasteiger partial charge on any atom is 0.160 e. The monoisotopic (exact) mass is 690 g/mol. The van der Waals surface area contributed by atoms with Gasteiger partial charge in [-0.3, -0.25) is 0 Å². The van der Waals surface area contributed by atoms with Crippen molar-refractivity contribution in [1.82, 2.24) is 9.97 Å². The topological polar surface area (TPSA) is 25.8 Å². The van der Waals surface area contributed by atoms with Gasteiger partial charge in [-0.05, 0) is 61.1 Å². The lowest BCUT2D eigenvalue weighted by Crippen LogP contribution is -1.97. The van der Waals surface area contributed by atoms with E-state index in [1.165, 1.54) is 74.7 Å². The third-order valence-electron chi connectivity index (χ3n) is 10.7. The molecule has 11 aromatic rings. The van der Waals surface area contributed by atoms with Gasteiger partial charge in [-0.15, -0.1) is 11.3 Å². The average Bonchev–Trinajstić information content (AvgIpc) is 3.62. The Hall–Kier alpha value is -6.68. The van der Waals surface area contributed by atoms with E-state index in [0.29, 0.717) is 5.82 Å². The fourth-order valence-electron chi connectivity index (χ4n) is 8.15. The van der Waals surface area contributed by atoms with Crippen molar-refractivity contribution in [2.45, 2.75) is 0 Å². The third-order valence-corrected chi connectivity index (χ3v) is 11.9. The summed E-state index contributed by atoms with van der Waals surface area (Å²) < 4.78 is 2.55. The molecular formula is C50H30N2S. The van der Waals surface area contributed by atoms with E-state index in [1.54, 1.807) is 0 Å². The number of hydrogen-bond acceptors (Lipinski definition) is 3. The highest BCUT2D eigenvalue weighted by molar-refractivity contribution is 7.26. The van der Waals surface area contributed by atoms with Crippen molar-refractivity contribution in [2.75, 3.05) is 0 Å². The van der Waals surface area contributed by atoms with E-state index in [9.17, 15) is 0 Å². The van der Waals surface area contributed by atoms with Gasteiger partial charge >= 0.3 is 0 Å². The molecule has 0 atom stereocenters. The number of nitrogens with zero attached hydrogens (tertiary/aromatic N) is 2. The van der Waals surface area contributed by atoms with Gasteiger partial charge in [-0.2, -0.15) is 0 Å². The molecule has 0 bridgehead atoms. The van der Waals surface area contributed by atoms with Crippen molar-refractivity contribution in [3.8, 4) is 56.2 Å². The largest absolute Gasteiger partial charge is 0.228 e. The van der Waals surface area contributed by atoms with E-state index in [2.05, 4.69) is 158 Å². The molecule has 0 spiro atoms. The lowest BCUT2D eigenvalue weighted by molar-refractivity contribution is 1.18. The molecule has 0 aliphatic rings. The Balaban J connectivity index is 1.13. The van der Waals surface area contributed by atoms with Gasteiger partial charge in [0.2, 0.25) is 0 Å². The van der Waals surface area contributed by atoms with Crippen LogP contribution in [0.15, 0.2) is 182 Å². The Kier molecular flexibility index (Phi) is 6.76. The molecule has 0 amide bonds. The molecule has 0 fully saturated rings. The van der Waals surface area contributed by atoms with Crippen molar-refractivity contribution >= 4 is 63.8 Å². The number of rotatable bonds is 5. The molecule has 0 aliphatic carbocycles. The molecule has 2 nitrogen and oxygen atoms in total. The fraction of sp³-hybridized carbons (Fsp3) is 0. The first kappa shape index (κ1) is 30.0. The number of fused-ring (bicyclic) bond motifs is 3. The van der Waals surface area contributed by atoms with E-state index >= 15 is 0 Å². The Bertz CT molecular complexity index is 3070. The third kappa shape index (κ3) is 4.86. The van der Waals surface area contributed by atoms with Crippen molar-refractivity contribution < 1.29 is 0 Å². The summed E-state index contributed by atoms with van der Waals surface area (Å²) in [5.74, 6) is 0.716. The minimum Gasteiger partial charge on any atom is -0.228 e. The van der Waals surface area contributed by atoms with Crippen LogP contribution in [0, 0.1) is 0 Å². The van der Waals surface area contributed by atoms with Crippen molar-refractivity contribution in [3.05, 3.63) is 182 Å². The van der Waals surface area contributed by atoms with Crippen molar-refractivity contribution in [1.29, 1.82) is 0 Å².